The van der Waals surface area contributed by atoms with Gasteiger partial charge in [0.1, 0.15) is 59.4 Å². The SMILES string of the molecule is CNC(=O)[C@@H](NC(=O)[C@@H](NC(=O)[C@H](NC(=O)OC(C)(C)C)c1ccc(OC)cc1OCc1ccccc1)[C@H](O)c1cc(Cl)c(F)c([N+](=O)[O-])c1)c1cc(OC)cc(OC)c1. The molecule has 4 aromatic rings. The Morgan fingerprint density at radius 1 is 0.800 bits per heavy atom. The number of hydrogen-bond acceptors (Lipinski definition) is 12. The molecule has 0 aliphatic carbocycles. The zero-order chi connectivity index (χ0) is 44.3. The molecule has 5 N–H and O–H groups in total. The number of alkyl carbamates (subject to hydrolysis) is 1. The van der Waals surface area contributed by atoms with Gasteiger partial charge in [0, 0.05) is 30.8 Å². The van der Waals surface area contributed by atoms with E-state index in [9.17, 15) is 38.8 Å². The lowest BCUT2D eigenvalue weighted by atomic mass is 9.97. The smallest absolute Gasteiger partial charge is 0.408 e. The van der Waals surface area contributed by atoms with Gasteiger partial charge in [0.15, 0.2) is 0 Å². The lowest BCUT2D eigenvalue weighted by Gasteiger charge is -2.29. The third-order valence-electron chi connectivity index (χ3n) is 8.66. The quantitative estimate of drug-likeness (QED) is 0.0667. The van der Waals surface area contributed by atoms with Crippen LogP contribution < -0.4 is 40.2 Å². The van der Waals surface area contributed by atoms with Gasteiger partial charge in [0.05, 0.1) is 31.3 Å². The Bertz CT molecular complexity index is 2180. The number of aliphatic hydroxyl groups is 1. The number of halogens is 2. The Morgan fingerprint density at radius 2 is 1.43 bits per heavy atom. The summed E-state index contributed by atoms with van der Waals surface area (Å²) in [6, 6.07) is 13.8. The number of nitro benzene ring substituents is 1. The summed E-state index contributed by atoms with van der Waals surface area (Å²) in [7, 11) is 5.43. The molecule has 0 aliphatic rings. The summed E-state index contributed by atoms with van der Waals surface area (Å²) >= 11 is 5.99. The number of carbonyl (C=O) groups excluding carboxylic acids is 4. The van der Waals surface area contributed by atoms with Gasteiger partial charge in [-0.1, -0.05) is 41.9 Å². The highest BCUT2D eigenvalue weighted by Gasteiger charge is 2.38. The van der Waals surface area contributed by atoms with Gasteiger partial charge in [-0.05, 0) is 67.8 Å². The van der Waals surface area contributed by atoms with Crippen molar-refractivity contribution >= 4 is 41.1 Å². The van der Waals surface area contributed by atoms with Gasteiger partial charge in [0.2, 0.25) is 23.5 Å². The van der Waals surface area contributed by atoms with Crippen molar-refractivity contribution in [2.75, 3.05) is 28.4 Å². The average molecular weight is 854 g/mol. The lowest BCUT2D eigenvalue weighted by molar-refractivity contribution is -0.387. The van der Waals surface area contributed by atoms with E-state index in [4.69, 9.17) is 35.3 Å². The number of carbonyl (C=O) groups is 4. The molecule has 0 radical (unpaired) electrons. The Morgan fingerprint density at radius 3 is 2.00 bits per heavy atom. The van der Waals surface area contributed by atoms with Gasteiger partial charge in [-0.15, -0.1) is 0 Å². The monoisotopic (exact) mass is 853 g/mol. The van der Waals surface area contributed by atoms with Crippen molar-refractivity contribution in [1.29, 1.82) is 0 Å². The van der Waals surface area contributed by atoms with Crippen LogP contribution in [-0.2, 0) is 25.7 Å². The minimum Gasteiger partial charge on any atom is -0.497 e. The molecular formula is C41H45ClFN5O12. The maximum Gasteiger partial charge on any atom is 0.408 e. The van der Waals surface area contributed by atoms with Gasteiger partial charge in [0.25, 0.3) is 0 Å². The summed E-state index contributed by atoms with van der Waals surface area (Å²) in [5.41, 5.74) is -1.72. The number of benzene rings is 4. The minimum atomic E-state index is -2.21. The second-order valence-corrected chi connectivity index (χ2v) is 14.4. The van der Waals surface area contributed by atoms with Crippen LogP contribution in [-0.4, -0.2) is 73.9 Å². The largest absolute Gasteiger partial charge is 0.497 e. The van der Waals surface area contributed by atoms with Gasteiger partial charge in [-0.25, -0.2) is 4.79 Å². The Balaban J connectivity index is 1.86. The third kappa shape index (κ3) is 12.0. The van der Waals surface area contributed by atoms with E-state index < -0.39 is 80.7 Å². The highest BCUT2D eigenvalue weighted by Crippen LogP contribution is 2.34. The molecule has 0 heterocycles. The van der Waals surface area contributed by atoms with Crippen LogP contribution in [0.5, 0.6) is 23.0 Å². The molecule has 0 saturated heterocycles. The van der Waals surface area contributed by atoms with E-state index in [0.717, 1.165) is 11.6 Å². The summed E-state index contributed by atoms with van der Waals surface area (Å²) < 4.78 is 42.4. The van der Waals surface area contributed by atoms with Crippen LogP contribution in [0.4, 0.5) is 14.9 Å². The van der Waals surface area contributed by atoms with Crippen LogP contribution in [0.15, 0.2) is 78.9 Å². The molecule has 4 aromatic carbocycles. The molecule has 4 rings (SSSR count). The molecule has 0 fully saturated rings. The van der Waals surface area contributed by atoms with Crippen molar-refractivity contribution in [2.24, 2.45) is 0 Å². The number of methoxy groups -OCH3 is 3. The van der Waals surface area contributed by atoms with Crippen LogP contribution in [0.1, 0.15) is 61.2 Å². The number of nitrogens with zero attached hydrogens (tertiary/aromatic N) is 1. The van der Waals surface area contributed by atoms with Crippen LogP contribution in [0, 0.1) is 15.9 Å². The molecule has 0 bridgehead atoms. The first kappa shape index (κ1) is 46.0. The van der Waals surface area contributed by atoms with Crippen LogP contribution in [0.25, 0.3) is 0 Å². The highest BCUT2D eigenvalue weighted by atomic mass is 35.5. The summed E-state index contributed by atoms with van der Waals surface area (Å²) in [6.07, 6.45) is -3.27. The molecule has 0 aromatic heterocycles. The summed E-state index contributed by atoms with van der Waals surface area (Å²) in [5.74, 6) is -3.69. The van der Waals surface area contributed by atoms with Crippen LogP contribution in [0.3, 0.4) is 0 Å². The van der Waals surface area contributed by atoms with Gasteiger partial charge in [-0.2, -0.15) is 4.39 Å². The molecule has 19 heteroatoms. The van der Waals surface area contributed by atoms with Crippen molar-refractivity contribution < 1.29 is 57.3 Å². The Labute approximate surface area is 349 Å². The number of nitro groups is 1. The Kier molecular flexibility index (Phi) is 15.6. The summed E-state index contributed by atoms with van der Waals surface area (Å²) in [6.45, 7) is 4.78. The maximum atomic E-state index is 14.7. The fourth-order valence-electron chi connectivity index (χ4n) is 5.74. The van der Waals surface area contributed by atoms with E-state index in [1.54, 1.807) is 45.0 Å². The number of amides is 4. The van der Waals surface area contributed by atoms with Gasteiger partial charge < -0.3 is 50.1 Å². The van der Waals surface area contributed by atoms with Crippen molar-refractivity contribution in [3.05, 3.63) is 122 Å². The van der Waals surface area contributed by atoms with Crippen LogP contribution in [0.2, 0.25) is 5.02 Å². The molecule has 0 aliphatic heterocycles. The minimum absolute atomic E-state index is 0.00553. The number of rotatable bonds is 17. The van der Waals surface area contributed by atoms with Crippen molar-refractivity contribution in [3.63, 3.8) is 0 Å². The van der Waals surface area contributed by atoms with E-state index in [0.29, 0.717) is 11.8 Å². The number of aliphatic hydroxyl groups excluding tert-OH is 1. The topological polar surface area (TPSA) is 226 Å². The number of ether oxygens (including phenoxy) is 5. The molecule has 0 unspecified atom stereocenters. The fraction of sp³-hybridized carbons (Fsp3) is 0.317. The number of nitrogens with one attached hydrogen (secondary N) is 4. The molecule has 0 spiro atoms. The second-order valence-electron chi connectivity index (χ2n) is 14.0. The molecule has 0 saturated carbocycles. The second kappa shape index (κ2) is 20.3. The fourth-order valence-corrected chi connectivity index (χ4v) is 5.96. The standard InChI is InChI=1S/C41H45ClFN5O12/c1-41(2,3)60-40(53)47-34(28-14-13-25(56-5)20-31(28)59-21-22-11-9-8-10-12-22)38(51)46-35(36(49)24-17-29(42)32(43)30(18-24)48(54)55)39(52)45-33(37(50)44-4)23-15-26(57-6)19-27(16-23)58-7/h8-20,33-36,49H,21H2,1-7H3,(H,44,50)(H,45,52)(H,46,51)(H,47,53)/t33-,34+,35-,36+/m0/s1. The zero-order valence-electron chi connectivity index (χ0n) is 33.7. The predicted molar refractivity (Wildman–Crippen MR) is 215 cm³/mol. The summed E-state index contributed by atoms with van der Waals surface area (Å²) in [4.78, 5) is 66.4. The van der Waals surface area contributed by atoms with E-state index in [2.05, 4.69) is 21.3 Å². The van der Waals surface area contributed by atoms with Gasteiger partial charge in [-0.3, -0.25) is 24.5 Å². The molecule has 4 amide bonds. The van der Waals surface area contributed by atoms with E-state index in [1.807, 2.05) is 6.07 Å². The Hall–Kier alpha value is -6.66. The number of likely N-dealkylation sites (N-methyl/N-ethyl adjacent to an activating group) is 1. The summed E-state index contributed by atoms with van der Waals surface area (Å²) in [5, 5.41) is 32.6. The lowest BCUT2D eigenvalue weighted by Crippen LogP contribution is -2.55. The van der Waals surface area contributed by atoms with E-state index >= 15 is 0 Å². The molecule has 60 heavy (non-hydrogen) atoms. The first-order valence-corrected chi connectivity index (χ1v) is 18.5. The number of hydrogen-bond donors (Lipinski definition) is 5. The molecular weight excluding hydrogens is 809 g/mol. The van der Waals surface area contributed by atoms with E-state index in [1.165, 1.54) is 64.8 Å². The third-order valence-corrected chi connectivity index (χ3v) is 8.94. The normalized spacial score (nSPS) is 13.0. The average Bonchev–Trinajstić information content (AvgIpc) is 3.22. The molecule has 4 atom stereocenters. The van der Waals surface area contributed by atoms with Crippen molar-refractivity contribution in [3.8, 4) is 23.0 Å². The predicted octanol–water partition coefficient (Wildman–Crippen LogP) is 5.38. The molecule has 17 nitrogen and oxygen atoms in total. The van der Waals surface area contributed by atoms with E-state index in [-0.39, 0.29) is 35.0 Å². The molecule has 320 valence electrons. The van der Waals surface area contributed by atoms with Gasteiger partial charge >= 0.3 is 11.8 Å². The zero-order valence-corrected chi connectivity index (χ0v) is 34.4. The first-order chi connectivity index (χ1) is 28.4. The van der Waals surface area contributed by atoms with Crippen molar-refractivity contribution in [1.82, 2.24) is 21.3 Å². The van der Waals surface area contributed by atoms with Crippen molar-refractivity contribution in [2.45, 2.75) is 57.2 Å². The van der Waals surface area contributed by atoms with Crippen LogP contribution >= 0.6 is 11.6 Å². The highest BCUT2D eigenvalue weighted by molar-refractivity contribution is 6.31. The maximum absolute atomic E-state index is 14.7. The first-order valence-electron chi connectivity index (χ1n) is 18.1.